The lowest BCUT2D eigenvalue weighted by Gasteiger charge is -2.28. The molecule has 3 heterocycles. The Morgan fingerprint density at radius 1 is 1.31 bits per heavy atom. The van der Waals surface area contributed by atoms with Gasteiger partial charge in [0.05, 0.1) is 9.75 Å². The van der Waals surface area contributed by atoms with E-state index < -0.39 is 0 Å². The maximum absolute atomic E-state index is 12.7. The number of benzene rings is 1. The highest BCUT2D eigenvalue weighted by atomic mass is 35.5. The molecule has 0 spiro atoms. The average Bonchev–Trinajstić information content (AvgIpc) is 3.15. The second kappa shape index (κ2) is 7.34. The van der Waals surface area contributed by atoms with Crippen LogP contribution in [0.1, 0.15) is 48.6 Å². The Hall–Kier alpha value is -1.36. The van der Waals surface area contributed by atoms with E-state index in [1.807, 2.05) is 18.2 Å². The molecule has 3 nitrogen and oxygen atoms in total. The monoisotopic (exact) mass is 388 g/mol. The zero-order valence-corrected chi connectivity index (χ0v) is 16.8. The minimum Gasteiger partial charge on any atom is -0.325 e. The Bertz CT molecular complexity index is 818. The van der Waals surface area contributed by atoms with Gasteiger partial charge in [-0.15, -0.1) is 11.3 Å². The van der Waals surface area contributed by atoms with E-state index in [-0.39, 0.29) is 11.3 Å². The smallest absolute Gasteiger partial charge is 0.235 e. The third-order valence-corrected chi connectivity index (χ3v) is 7.34. The van der Waals surface area contributed by atoms with Gasteiger partial charge in [-0.3, -0.25) is 9.69 Å². The van der Waals surface area contributed by atoms with E-state index in [0.717, 1.165) is 61.8 Å². The van der Waals surface area contributed by atoms with Crippen molar-refractivity contribution >= 4 is 34.5 Å². The highest BCUT2D eigenvalue weighted by Crippen LogP contribution is 2.43. The molecule has 138 valence electrons. The number of hydrogen-bond donors (Lipinski definition) is 1. The van der Waals surface area contributed by atoms with Crippen LogP contribution in [-0.4, -0.2) is 23.9 Å². The quantitative estimate of drug-likeness (QED) is 0.687. The Kier molecular flexibility index (Phi) is 5.09. The number of nitrogens with one attached hydrogen (secondary N) is 1. The summed E-state index contributed by atoms with van der Waals surface area (Å²) in [4.78, 5) is 16.7. The van der Waals surface area contributed by atoms with Crippen LogP contribution in [0.15, 0.2) is 30.3 Å². The fourth-order valence-corrected chi connectivity index (χ4v) is 5.75. The number of rotatable bonds is 6. The van der Waals surface area contributed by atoms with Crippen molar-refractivity contribution in [2.75, 3.05) is 18.4 Å². The number of amides is 1. The molecule has 0 saturated carbocycles. The Balaban J connectivity index is 1.34. The Morgan fingerprint density at radius 3 is 3.00 bits per heavy atom. The van der Waals surface area contributed by atoms with E-state index in [1.165, 1.54) is 16.0 Å². The van der Waals surface area contributed by atoms with Gasteiger partial charge in [0.15, 0.2) is 0 Å². The fraction of sp³-hybridized carbons (Fsp3) is 0.476. The van der Waals surface area contributed by atoms with E-state index in [4.69, 9.17) is 11.6 Å². The largest absolute Gasteiger partial charge is 0.325 e. The number of carbonyl (C=O) groups excluding carboxylic acids is 1. The van der Waals surface area contributed by atoms with Gasteiger partial charge in [0, 0.05) is 23.7 Å². The van der Waals surface area contributed by atoms with Gasteiger partial charge in [-0.05, 0) is 55.5 Å². The van der Waals surface area contributed by atoms with Crippen molar-refractivity contribution in [3.63, 3.8) is 0 Å². The van der Waals surface area contributed by atoms with E-state index in [2.05, 4.69) is 29.3 Å². The van der Waals surface area contributed by atoms with E-state index in [0.29, 0.717) is 0 Å². The lowest BCUT2D eigenvalue weighted by molar-refractivity contribution is -0.121. The summed E-state index contributed by atoms with van der Waals surface area (Å²) in [5.74, 6) is 0.178. The maximum atomic E-state index is 12.7. The zero-order valence-electron chi connectivity index (χ0n) is 15.2. The summed E-state index contributed by atoms with van der Waals surface area (Å²) in [5, 5.41) is 3.08. The number of nitrogens with zero attached hydrogens (tertiary/aromatic N) is 1. The summed E-state index contributed by atoms with van der Waals surface area (Å²) in [6.07, 6.45) is 5.10. The number of hydrogen-bond acceptors (Lipinski definition) is 3. The van der Waals surface area contributed by atoms with Crippen LogP contribution in [0.3, 0.4) is 0 Å². The molecule has 0 saturated heterocycles. The fourth-order valence-electron chi connectivity index (χ4n) is 4.46. The molecule has 26 heavy (non-hydrogen) atoms. The van der Waals surface area contributed by atoms with Crippen LogP contribution in [0.25, 0.3) is 0 Å². The molecule has 0 bridgehead atoms. The number of para-hydroxylation sites is 1. The maximum Gasteiger partial charge on any atom is 0.235 e. The molecule has 1 atom stereocenters. The summed E-state index contributed by atoms with van der Waals surface area (Å²) in [5.41, 5.74) is 3.24. The predicted octanol–water partition coefficient (Wildman–Crippen LogP) is 5.23. The van der Waals surface area contributed by atoms with Crippen LogP contribution in [0.4, 0.5) is 5.69 Å². The molecule has 5 heteroatoms. The second-order valence-electron chi connectivity index (χ2n) is 7.42. The molecule has 2 aliphatic rings. The third kappa shape index (κ3) is 3.19. The third-order valence-electron chi connectivity index (χ3n) is 5.97. The van der Waals surface area contributed by atoms with Crippen LogP contribution in [-0.2, 0) is 23.2 Å². The summed E-state index contributed by atoms with van der Waals surface area (Å²) in [7, 11) is 0. The van der Waals surface area contributed by atoms with Gasteiger partial charge < -0.3 is 5.32 Å². The first kappa shape index (κ1) is 18.0. The summed E-state index contributed by atoms with van der Waals surface area (Å²) < 4.78 is 0.910. The van der Waals surface area contributed by atoms with E-state index >= 15 is 0 Å². The number of unbranched alkanes of at least 4 members (excludes halogenated alkanes) is 1. The molecule has 2 aliphatic heterocycles. The normalized spacial score (nSPS) is 22.2. The first-order chi connectivity index (χ1) is 12.6. The van der Waals surface area contributed by atoms with Gasteiger partial charge >= 0.3 is 0 Å². The summed E-state index contributed by atoms with van der Waals surface area (Å²) in [6, 6.07) is 10.3. The molecule has 2 aromatic rings. The number of halogens is 1. The van der Waals surface area contributed by atoms with Crippen LogP contribution < -0.4 is 5.32 Å². The Morgan fingerprint density at radius 2 is 2.15 bits per heavy atom. The van der Waals surface area contributed by atoms with Crippen molar-refractivity contribution in [1.82, 2.24) is 4.90 Å². The van der Waals surface area contributed by atoms with Crippen LogP contribution >= 0.6 is 22.9 Å². The Labute approximate surface area is 164 Å². The van der Waals surface area contributed by atoms with Gasteiger partial charge in [0.2, 0.25) is 5.91 Å². The summed E-state index contributed by atoms with van der Waals surface area (Å²) >= 11 is 7.87. The van der Waals surface area contributed by atoms with Crippen molar-refractivity contribution < 1.29 is 4.79 Å². The van der Waals surface area contributed by atoms with Gasteiger partial charge in [0.1, 0.15) is 0 Å². The number of fused-ring (bicyclic) bond motifs is 2. The molecule has 1 amide bonds. The molecule has 1 aromatic heterocycles. The van der Waals surface area contributed by atoms with E-state index in [9.17, 15) is 4.79 Å². The van der Waals surface area contributed by atoms with Crippen LogP contribution in [0.5, 0.6) is 0 Å². The number of thiophene rings is 1. The van der Waals surface area contributed by atoms with Crippen molar-refractivity contribution in [3.05, 3.63) is 50.7 Å². The minimum absolute atomic E-state index is 0.178. The van der Waals surface area contributed by atoms with Crippen LogP contribution in [0, 0.1) is 0 Å². The lowest BCUT2D eigenvalue weighted by atomic mass is 9.75. The number of carbonyl (C=O) groups is 1. The van der Waals surface area contributed by atoms with Gasteiger partial charge in [0.25, 0.3) is 0 Å². The van der Waals surface area contributed by atoms with Gasteiger partial charge in [-0.1, -0.05) is 43.1 Å². The first-order valence-electron chi connectivity index (χ1n) is 9.53. The lowest BCUT2D eigenvalue weighted by Crippen LogP contribution is -2.34. The predicted molar refractivity (Wildman–Crippen MR) is 109 cm³/mol. The standard InChI is InChI=1S/C21H25ClN2OS/c1-2-21(16-7-3-4-8-17(16)23-20(21)25)10-5-6-11-24-12-9-18-15(14-24)13-19(22)26-18/h3-4,7-8,13H,2,5-6,9-12,14H2,1H3,(H,23,25). The topological polar surface area (TPSA) is 32.3 Å². The molecule has 0 radical (unpaired) electrons. The molecule has 0 aliphatic carbocycles. The summed E-state index contributed by atoms with van der Waals surface area (Å²) in [6.45, 7) is 5.36. The van der Waals surface area contributed by atoms with Gasteiger partial charge in [-0.25, -0.2) is 0 Å². The van der Waals surface area contributed by atoms with Crippen molar-refractivity contribution in [2.24, 2.45) is 0 Å². The highest BCUT2D eigenvalue weighted by molar-refractivity contribution is 7.16. The SMILES string of the molecule is CCC1(CCCCN2CCc3sc(Cl)cc3C2)C(=O)Nc2ccccc21. The molecule has 1 unspecified atom stereocenters. The average molecular weight is 389 g/mol. The van der Waals surface area contributed by atoms with E-state index in [1.54, 1.807) is 11.3 Å². The molecule has 4 rings (SSSR count). The minimum atomic E-state index is -0.341. The van der Waals surface area contributed by atoms with Crippen molar-refractivity contribution in [2.45, 2.75) is 51.0 Å². The molecular formula is C21H25ClN2OS. The second-order valence-corrected chi connectivity index (χ2v) is 9.19. The molecule has 1 N–H and O–H groups in total. The van der Waals surface area contributed by atoms with Crippen LogP contribution in [0.2, 0.25) is 4.34 Å². The first-order valence-corrected chi connectivity index (χ1v) is 10.7. The van der Waals surface area contributed by atoms with Gasteiger partial charge in [-0.2, -0.15) is 0 Å². The molecule has 0 fully saturated rings. The number of anilines is 1. The zero-order chi connectivity index (χ0) is 18.1. The molecular weight excluding hydrogens is 364 g/mol. The van der Waals surface area contributed by atoms with Crippen molar-refractivity contribution in [3.8, 4) is 0 Å². The molecule has 1 aromatic carbocycles. The van der Waals surface area contributed by atoms with Crippen molar-refractivity contribution in [1.29, 1.82) is 0 Å². The highest BCUT2D eigenvalue weighted by Gasteiger charge is 2.44.